The fourth-order valence-electron chi connectivity index (χ4n) is 1.56. The number of halogens is 2. The van der Waals surface area contributed by atoms with Gasteiger partial charge in [-0.2, -0.15) is 0 Å². The van der Waals surface area contributed by atoms with Crippen molar-refractivity contribution in [1.29, 1.82) is 0 Å². The summed E-state index contributed by atoms with van der Waals surface area (Å²) in [5.41, 5.74) is 0.666. The normalized spacial score (nSPS) is 11.4. The van der Waals surface area contributed by atoms with Gasteiger partial charge in [-0.15, -0.1) is 0 Å². The van der Waals surface area contributed by atoms with Crippen molar-refractivity contribution in [2.75, 3.05) is 20.3 Å². The largest absolute Gasteiger partial charge is 0.385 e. The highest BCUT2D eigenvalue weighted by molar-refractivity contribution is 9.11. The maximum Gasteiger partial charge on any atom is 0.252 e. The van der Waals surface area contributed by atoms with Gasteiger partial charge in [0.05, 0.1) is 5.56 Å². The van der Waals surface area contributed by atoms with Crippen LogP contribution < -0.4 is 5.32 Å². The molecular formula is C14H19Br2NO2. The van der Waals surface area contributed by atoms with Crippen LogP contribution in [-0.2, 0) is 4.74 Å². The van der Waals surface area contributed by atoms with E-state index in [1.807, 2.05) is 12.1 Å². The highest BCUT2D eigenvalue weighted by Crippen LogP contribution is 2.23. The molecule has 1 amide bonds. The lowest BCUT2D eigenvalue weighted by Gasteiger charge is -2.24. The van der Waals surface area contributed by atoms with Gasteiger partial charge < -0.3 is 10.1 Å². The fourth-order valence-corrected chi connectivity index (χ4v) is 2.78. The third-order valence-corrected chi connectivity index (χ3v) is 4.04. The number of rotatable bonds is 6. The first kappa shape index (κ1) is 16.7. The second-order valence-electron chi connectivity index (χ2n) is 5.21. The Balaban J connectivity index is 2.60. The van der Waals surface area contributed by atoms with Crippen molar-refractivity contribution in [3.63, 3.8) is 0 Å². The van der Waals surface area contributed by atoms with Crippen LogP contribution in [0.2, 0.25) is 0 Å². The van der Waals surface area contributed by atoms with Crippen LogP contribution in [0.25, 0.3) is 0 Å². The van der Waals surface area contributed by atoms with Crippen LogP contribution in [0, 0.1) is 5.41 Å². The molecule has 0 fully saturated rings. The van der Waals surface area contributed by atoms with Crippen LogP contribution in [0.1, 0.15) is 30.6 Å². The Bertz CT molecular complexity index is 447. The van der Waals surface area contributed by atoms with Gasteiger partial charge in [0.25, 0.3) is 5.91 Å². The second kappa shape index (κ2) is 7.41. The Kier molecular flexibility index (Phi) is 6.50. The van der Waals surface area contributed by atoms with E-state index in [-0.39, 0.29) is 11.3 Å². The molecule has 0 heterocycles. The Hall–Kier alpha value is -0.390. The zero-order valence-corrected chi connectivity index (χ0v) is 14.6. The minimum atomic E-state index is -0.0649. The number of hydrogen-bond acceptors (Lipinski definition) is 2. The molecule has 1 N–H and O–H groups in total. The van der Waals surface area contributed by atoms with E-state index in [2.05, 4.69) is 51.0 Å². The third kappa shape index (κ3) is 5.63. The Labute approximate surface area is 131 Å². The first-order valence-corrected chi connectivity index (χ1v) is 7.66. The van der Waals surface area contributed by atoms with Crippen molar-refractivity contribution >= 4 is 37.8 Å². The quantitative estimate of drug-likeness (QED) is 0.794. The van der Waals surface area contributed by atoms with Crippen LogP contribution in [0.15, 0.2) is 27.1 Å². The fraction of sp³-hybridized carbons (Fsp3) is 0.500. The molecule has 1 aromatic carbocycles. The van der Waals surface area contributed by atoms with E-state index in [4.69, 9.17) is 4.74 Å². The molecule has 19 heavy (non-hydrogen) atoms. The minimum absolute atomic E-state index is 0.0213. The molecule has 106 valence electrons. The van der Waals surface area contributed by atoms with Gasteiger partial charge in [0.15, 0.2) is 0 Å². The zero-order chi connectivity index (χ0) is 14.5. The van der Waals surface area contributed by atoms with E-state index in [0.717, 1.165) is 15.4 Å². The van der Waals surface area contributed by atoms with Crippen molar-refractivity contribution in [2.45, 2.75) is 20.3 Å². The summed E-state index contributed by atoms with van der Waals surface area (Å²) >= 11 is 6.77. The number of carbonyl (C=O) groups is 1. The van der Waals surface area contributed by atoms with Crippen LogP contribution in [0.5, 0.6) is 0 Å². The predicted octanol–water partition coefficient (Wildman–Crippen LogP) is 4.00. The predicted molar refractivity (Wildman–Crippen MR) is 84.4 cm³/mol. The summed E-state index contributed by atoms with van der Waals surface area (Å²) in [6.07, 6.45) is 0.908. The van der Waals surface area contributed by atoms with Gasteiger partial charge in [-0.1, -0.05) is 29.8 Å². The smallest absolute Gasteiger partial charge is 0.252 e. The molecule has 0 aliphatic rings. The lowest BCUT2D eigenvalue weighted by Crippen LogP contribution is -2.34. The Morgan fingerprint density at radius 1 is 1.37 bits per heavy atom. The van der Waals surface area contributed by atoms with Crippen LogP contribution in [0.3, 0.4) is 0 Å². The van der Waals surface area contributed by atoms with Crippen LogP contribution in [-0.4, -0.2) is 26.2 Å². The summed E-state index contributed by atoms with van der Waals surface area (Å²) in [5.74, 6) is -0.0649. The maximum atomic E-state index is 12.1. The van der Waals surface area contributed by atoms with E-state index < -0.39 is 0 Å². The van der Waals surface area contributed by atoms with Crippen LogP contribution in [0.4, 0.5) is 0 Å². The summed E-state index contributed by atoms with van der Waals surface area (Å²) < 4.78 is 6.80. The molecule has 0 saturated carbocycles. The zero-order valence-electron chi connectivity index (χ0n) is 11.4. The van der Waals surface area contributed by atoms with Gasteiger partial charge in [0.2, 0.25) is 0 Å². The summed E-state index contributed by atoms with van der Waals surface area (Å²) in [4.78, 5) is 12.1. The maximum absolute atomic E-state index is 12.1. The average Bonchev–Trinajstić information content (AvgIpc) is 2.34. The minimum Gasteiger partial charge on any atom is -0.385 e. The highest BCUT2D eigenvalue weighted by atomic mass is 79.9. The van der Waals surface area contributed by atoms with Crippen molar-refractivity contribution in [1.82, 2.24) is 5.32 Å². The lowest BCUT2D eigenvalue weighted by atomic mass is 9.89. The molecule has 1 rings (SSSR count). The van der Waals surface area contributed by atoms with E-state index in [1.54, 1.807) is 13.2 Å². The summed E-state index contributed by atoms with van der Waals surface area (Å²) in [6, 6.07) is 5.52. The number of ether oxygens (including phenoxy) is 1. The third-order valence-electron chi connectivity index (χ3n) is 2.89. The van der Waals surface area contributed by atoms with Crippen molar-refractivity contribution in [3.05, 3.63) is 32.7 Å². The molecule has 0 bridgehead atoms. The molecule has 0 spiro atoms. The number of methoxy groups -OCH3 is 1. The monoisotopic (exact) mass is 391 g/mol. The Morgan fingerprint density at radius 3 is 2.63 bits per heavy atom. The van der Waals surface area contributed by atoms with E-state index in [0.29, 0.717) is 18.7 Å². The van der Waals surface area contributed by atoms with Gasteiger partial charge in [-0.3, -0.25) is 4.79 Å². The molecular weight excluding hydrogens is 374 g/mol. The van der Waals surface area contributed by atoms with Crippen LogP contribution >= 0.6 is 31.9 Å². The molecule has 0 radical (unpaired) electrons. The lowest BCUT2D eigenvalue weighted by molar-refractivity contribution is 0.0920. The summed E-state index contributed by atoms with van der Waals surface area (Å²) in [6.45, 7) is 5.55. The first-order valence-electron chi connectivity index (χ1n) is 6.08. The van der Waals surface area contributed by atoms with Crippen molar-refractivity contribution in [3.8, 4) is 0 Å². The number of benzene rings is 1. The molecule has 0 atom stereocenters. The van der Waals surface area contributed by atoms with Crippen molar-refractivity contribution < 1.29 is 9.53 Å². The van der Waals surface area contributed by atoms with Crippen molar-refractivity contribution in [2.24, 2.45) is 5.41 Å². The van der Waals surface area contributed by atoms with Gasteiger partial charge >= 0.3 is 0 Å². The Morgan fingerprint density at radius 2 is 2.05 bits per heavy atom. The topological polar surface area (TPSA) is 38.3 Å². The molecule has 1 aromatic rings. The molecule has 0 aliphatic heterocycles. The molecule has 0 unspecified atom stereocenters. The summed E-state index contributed by atoms with van der Waals surface area (Å²) in [7, 11) is 1.69. The summed E-state index contributed by atoms with van der Waals surface area (Å²) in [5, 5.41) is 2.97. The van der Waals surface area contributed by atoms with E-state index in [1.165, 1.54) is 0 Å². The second-order valence-corrected chi connectivity index (χ2v) is 6.98. The number of nitrogens with one attached hydrogen (secondary N) is 1. The van der Waals surface area contributed by atoms with E-state index in [9.17, 15) is 4.79 Å². The molecule has 0 saturated heterocycles. The molecule has 3 nitrogen and oxygen atoms in total. The van der Waals surface area contributed by atoms with Gasteiger partial charge in [-0.25, -0.2) is 0 Å². The standard InChI is InChI=1S/C14H19Br2NO2/c1-14(2,6-7-19-3)9-17-13(18)11-5-4-10(15)8-12(11)16/h4-5,8H,6-7,9H2,1-3H3,(H,17,18). The number of carbonyl (C=O) groups excluding carboxylic acids is 1. The van der Waals surface area contributed by atoms with Gasteiger partial charge in [0, 0.05) is 29.2 Å². The highest BCUT2D eigenvalue weighted by Gasteiger charge is 2.19. The number of amides is 1. The number of hydrogen-bond donors (Lipinski definition) is 1. The molecule has 0 aliphatic carbocycles. The van der Waals surface area contributed by atoms with E-state index >= 15 is 0 Å². The molecule has 0 aromatic heterocycles. The SMILES string of the molecule is COCCC(C)(C)CNC(=O)c1ccc(Br)cc1Br. The first-order chi connectivity index (χ1) is 8.85. The van der Waals surface area contributed by atoms with Gasteiger partial charge in [-0.05, 0) is 46.0 Å². The van der Waals surface area contributed by atoms with Gasteiger partial charge in [0.1, 0.15) is 0 Å². The molecule has 5 heteroatoms. The average molecular weight is 393 g/mol.